The molecular weight excluding hydrogens is 293 g/mol. The summed E-state index contributed by atoms with van der Waals surface area (Å²) in [5, 5.41) is 1.42. The first-order chi connectivity index (χ1) is 9.52. The van der Waals surface area contributed by atoms with Crippen molar-refractivity contribution in [2.45, 2.75) is 20.0 Å². The van der Waals surface area contributed by atoms with Crippen LogP contribution >= 0.6 is 23.2 Å². The molecule has 2 N–H and O–H groups in total. The summed E-state index contributed by atoms with van der Waals surface area (Å²) in [6.07, 6.45) is -0.274. The topological polar surface area (TPSA) is 35.2 Å². The van der Waals surface area contributed by atoms with Crippen molar-refractivity contribution in [1.82, 2.24) is 0 Å². The SMILES string of the molecule is Cc1cc(OC(CN)c2ccccc2Cl)cc(C)c1Cl. The monoisotopic (exact) mass is 309 g/mol. The van der Waals surface area contributed by atoms with Gasteiger partial charge in [-0.3, -0.25) is 0 Å². The van der Waals surface area contributed by atoms with E-state index in [-0.39, 0.29) is 6.10 Å². The molecule has 0 fully saturated rings. The largest absolute Gasteiger partial charge is 0.484 e. The second-order valence-corrected chi connectivity index (χ2v) is 5.52. The lowest BCUT2D eigenvalue weighted by molar-refractivity contribution is 0.214. The summed E-state index contributed by atoms with van der Waals surface area (Å²) in [6, 6.07) is 11.4. The van der Waals surface area contributed by atoms with Crippen molar-refractivity contribution in [2.24, 2.45) is 5.73 Å². The minimum Gasteiger partial charge on any atom is -0.484 e. The molecule has 0 saturated heterocycles. The molecule has 0 heterocycles. The van der Waals surface area contributed by atoms with Gasteiger partial charge < -0.3 is 10.5 Å². The molecule has 106 valence electrons. The van der Waals surface area contributed by atoms with E-state index in [1.807, 2.05) is 50.2 Å². The van der Waals surface area contributed by atoms with Crippen LogP contribution in [0.2, 0.25) is 10.0 Å². The Kier molecular flexibility index (Phi) is 4.92. The lowest BCUT2D eigenvalue weighted by Crippen LogP contribution is -2.19. The summed E-state index contributed by atoms with van der Waals surface area (Å²) < 4.78 is 5.98. The minimum absolute atomic E-state index is 0.274. The van der Waals surface area contributed by atoms with Gasteiger partial charge in [0.2, 0.25) is 0 Å². The van der Waals surface area contributed by atoms with Crippen LogP contribution in [0.5, 0.6) is 5.75 Å². The Bertz CT molecular complexity index is 590. The average molecular weight is 310 g/mol. The van der Waals surface area contributed by atoms with Gasteiger partial charge in [-0.25, -0.2) is 0 Å². The molecule has 2 nitrogen and oxygen atoms in total. The Hall–Kier alpha value is -1.22. The van der Waals surface area contributed by atoms with Crippen LogP contribution in [-0.4, -0.2) is 6.54 Å². The third-order valence-corrected chi connectivity index (χ3v) is 4.09. The second kappa shape index (κ2) is 6.49. The van der Waals surface area contributed by atoms with E-state index < -0.39 is 0 Å². The zero-order valence-corrected chi connectivity index (χ0v) is 13.0. The van der Waals surface area contributed by atoms with Gasteiger partial charge >= 0.3 is 0 Å². The Morgan fingerprint density at radius 1 is 1.10 bits per heavy atom. The van der Waals surface area contributed by atoms with Crippen molar-refractivity contribution in [3.05, 3.63) is 63.1 Å². The van der Waals surface area contributed by atoms with Gasteiger partial charge in [0.05, 0.1) is 0 Å². The third-order valence-electron chi connectivity index (χ3n) is 3.15. The Labute approximate surface area is 129 Å². The molecule has 0 spiro atoms. The fraction of sp³-hybridized carbons (Fsp3) is 0.250. The van der Waals surface area contributed by atoms with Crippen LogP contribution in [0.4, 0.5) is 0 Å². The molecule has 0 aromatic heterocycles. The normalized spacial score (nSPS) is 12.2. The maximum Gasteiger partial charge on any atom is 0.137 e. The van der Waals surface area contributed by atoms with Crippen molar-refractivity contribution in [3.8, 4) is 5.75 Å². The van der Waals surface area contributed by atoms with Crippen molar-refractivity contribution in [3.63, 3.8) is 0 Å². The van der Waals surface area contributed by atoms with Crippen LogP contribution in [0.25, 0.3) is 0 Å². The summed E-state index contributed by atoms with van der Waals surface area (Å²) in [7, 11) is 0. The number of benzene rings is 2. The number of ether oxygens (including phenoxy) is 1. The van der Waals surface area contributed by atoms with Gasteiger partial charge in [-0.15, -0.1) is 0 Å². The number of rotatable bonds is 4. The van der Waals surface area contributed by atoms with Crippen molar-refractivity contribution >= 4 is 23.2 Å². The highest BCUT2D eigenvalue weighted by Crippen LogP contribution is 2.30. The lowest BCUT2D eigenvalue weighted by atomic mass is 10.1. The van der Waals surface area contributed by atoms with Crippen molar-refractivity contribution in [1.29, 1.82) is 0 Å². The highest BCUT2D eigenvalue weighted by Gasteiger charge is 2.15. The van der Waals surface area contributed by atoms with E-state index in [2.05, 4.69) is 0 Å². The zero-order valence-electron chi connectivity index (χ0n) is 11.5. The summed E-state index contributed by atoms with van der Waals surface area (Å²) >= 11 is 12.4. The maximum atomic E-state index is 6.20. The molecule has 4 heteroatoms. The predicted molar refractivity (Wildman–Crippen MR) is 84.8 cm³/mol. The number of aryl methyl sites for hydroxylation is 2. The van der Waals surface area contributed by atoms with Crippen LogP contribution in [0.1, 0.15) is 22.8 Å². The summed E-state index contributed by atoms with van der Waals surface area (Å²) in [6.45, 7) is 4.26. The van der Waals surface area contributed by atoms with Crippen LogP contribution < -0.4 is 10.5 Å². The molecule has 1 unspecified atom stereocenters. The Morgan fingerprint density at radius 3 is 2.25 bits per heavy atom. The molecule has 2 aromatic rings. The number of hydrogen-bond acceptors (Lipinski definition) is 2. The van der Waals surface area contributed by atoms with E-state index in [0.29, 0.717) is 11.6 Å². The standard InChI is InChI=1S/C16H17Cl2NO/c1-10-7-12(8-11(2)16(10)18)20-15(9-19)13-5-3-4-6-14(13)17/h3-8,15H,9,19H2,1-2H3. The van der Waals surface area contributed by atoms with Gasteiger partial charge in [0, 0.05) is 22.2 Å². The Balaban J connectivity index is 2.30. The predicted octanol–water partition coefficient (Wildman–Crippen LogP) is 4.69. The van der Waals surface area contributed by atoms with E-state index in [1.165, 1.54) is 0 Å². The quantitative estimate of drug-likeness (QED) is 0.889. The first-order valence-corrected chi connectivity index (χ1v) is 7.16. The first kappa shape index (κ1) is 15.2. The molecule has 2 aromatic carbocycles. The molecule has 1 atom stereocenters. The summed E-state index contributed by atoms with van der Waals surface area (Å²) in [5.41, 5.74) is 8.67. The number of halogens is 2. The summed E-state index contributed by atoms with van der Waals surface area (Å²) in [5.74, 6) is 0.750. The molecule has 0 bridgehead atoms. The van der Waals surface area contributed by atoms with Crippen molar-refractivity contribution < 1.29 is 4.74 Å². The third kappa shape index (κ3) is 3.26. The molecule has 0 saturated carbocycles. The smallest absolute Gasteiger partial charge is 0.137 e. The molecule has 0 radical (unpaired) electrons. The minimum atomic E-state index is -0.274. The van der Waals surface area contributed by atoms with Gasteiger partial charge in [-0.2, -0.15) is 0 Å². The van der Waals surface area contributed by atoms with Crippen LogP contribution in [-0.2, 0) is 0 Å². The van der Waals surface area contributed by atoms with E-state index in [9.17, 15) is 0 Å². The van der Waals surface area contributed by atoms with Gasteiger partial charge in [-0.05, 0) is 43.2 Å². The Morgan fingerprint density at radius 2 is 1.70 bits per heavy atom. The molecule has 0 aliphatic heterocycles. The lowest BCUT2D eigenvalue weighted by Gasteiger charge is -2.20. The fourth-order valence-corrected chi connectivity index (χ4v) is 2.48. The fourth-order valence-electron chi connectivity index (χ4n) is 2.11. The van der Waals surface area contributed by atoms with Crippen molar-refractivity contribution in [2.75, 3.05) is 6.54 Å². The highest BCUT2D eigenvalue weighted by molar-refractivity contribution is 6.32. The highest BCUT2D eigenvalue weighted by atomic mass is 35.5. The van der Waals surface area contributed by atoms with Gasteiger partial charge in [-0.1, -0.05) is 41.4 Å². The van der Waals surface area contributed by atoms with Gasteiger partial charge in [0.1, 0.15) is 11.9 Å². The molecule has 2 rings (SSSR count). The molecule has 20 heavy (non-hydrogen) atoms. The molecule has 0 amide bonds. The molecule has 0 aliphatic carbocycles. The first-order valence-electron chi connectivity index (χ1n) is 6.41. The van der Waals surface area contributed by atoms with Crippen LogP contribution in [0.15, 0.2) is 36.4 Å². The number of nitrogens with two attached hydrogens (primary N) is 1. The van der Waals surface area contributed by atoms with Crippen LogP contribution in [0.3, 0.4) is 0 Å². The van der Waals surface area contributed by atoms with E-state index >= 15 is 0 Å². The average Bonchev–Trinajstić information content (AvgIpc) is 2.43. The number of hydrogen-bond donors (Lipinski definition) is 1. The maximum absolute atomic E-state index is 6.20. The van der Waals surface area contributed by atoms with Gasteiger partial charge in [0.25, 0.3) is 0 Å². The second-order valence-electron chi connectivity index (χ2n) is 4.73. The van der Waals surface area contributed by atoms with E-state index in [1.54, 1.807) is 0 Å². The van der Waals surface area contributed by atoms with E-state index in [0.717, 1.165) is 27.5 Å². The van der Waals surface area contributed by atoms with Gasteiger partial charge in [0.15, 0.2) is 0 Å². The zero-order chi connectivity index (χ0) is 14.7. The molecule has 0 aliphatic rings. The molecular formula is C16H17Cl2NO. The van der Waals surface area contributed by atoms with Crippen LogP contribution in [0, 0.1) is 13.8 Å². The van der Waals surface area contributed by atoms with E-state index in [4.69, 9.17) is 33.7 Å². The summed E-state index contributed by atoms with van der Waals surface area (Å²) in [4.78, 5) is 0.